The fourth-order valence-electron chi connectivity index (χ4n) is 4.34. The van der Waals surface area contributed by atoms with E-state index in [1.165, 1.54) is 11.0 Å². The molecule has 2 aliphatic rings. The summed E-state index contributed by atoms with van der Waals surface area (Å²) in [6.45, 7) is 4.50. The van der Waals surface area contributed by atoms with Crippen LogP contribution in [0.4, 0.5) is 4.79 Å². The molecule has 1 N–H and O–H groups in total. The summed E-state index contributed by atoms with van der Waals surface area (Å²) in [5.74, 6) is -0.665. The van der Waals surface area contributed by atoms with Crippen LogP contribution >= 0.6 is 7.92 Å². The van der Waals surface area contributed by atoms with E-state index in [-0.39, 0.29) is 24.9 Å². The minimum absolute atomic E-state index is 0.0390. The van der Waals surface area contributed by atoms with Crippen LogP contribution in [-0.2, 0) is 18.8 Å². The van der Waals surface area contributed by atoms with Crippen molar-refractivity contribution >= 4 is 25.8 Å². The zero-order valence-corrected chi connectivity index (χ0v) is 23.3. The Morgan fingerprint density at radius 3 is 2.58 bits per heavy atom. The standard InChI is InChI=1S/C28H33N4O7P/c1-2-3-14-38-28(35)32-12-10-31(11-13-32)27(34)25(19-40-36)30-26(33)24-17-22(39-21-9-15-37-18-21)16-23(29-24)20-7-5-4-6-8-20/h4-8,16-17,21,25H,2-3,9-15,18H2,1H3,(H,30,33)/t21?,25-/m0/s1. The molecule has 1 unspecified atom stereocenters. The van der Waals surface area contributed by atoms with E-state index in [0.29, 0.717) is 44.4 Å². The number of benzene rings is 1. The Morgan fingerprint density at radius 1 is 1.15 bits per heavy atom. The average molecular weight is 569 g/mol. The van der Waals surface area contributed by atoms with E-state index in [4.69, 9.17) is 14.2 Å². The summed E-state index contributed by atoms with van der Waals surface area (Å²) < 4.78 is 28.1. The first-order chi connectivity index (χ1) is 19.5. The number of hydrogen-bond acceptors (Lipinski definition) is 8. The van der Waals surface area contributed by atoms with Crippen molar-refractivity contribution in [3.05, 3.63) is 48.2 Å². The van der Waals surface area contributed by atoms with Gasteiger partial charge in [-0.05, 0) is 0 Å². The number of carbonyl (C=O) groups excluding carboxylic acids is 3. The third-order valence-corrected chi connectivity index (χ3v) is 6.93. The van der Waals surface area contributed by atoms with E-state index >= 15 is 0 Å². The number of amides is 3. The molecule has 212 valence electrons. The van der Waals surface area contributed by atoms with E-state index < -0.39 is 31.9 Å². The van der Waals surface area contributed by atoms with Gasteiger partial charge in [0.1, 0.15) is 0 Å². The number of ether oxygens (including phenoxy) is 3. The van der Waals surface area contributed by atoms with Crippen LogP contribution in [0, 0.1) is 5.63 Å². The predicted octanol–water partition coefficient (Wildman–Crippen LogP) is 3.35. The number of aromatic nitrogens is 1. The Kier molecular flexibility index (Phi) is 10.7. The fraction of sp³-hybridized carbons (Fsp3) is 0.464. The third-order valence-electron chi connectivity index (χ3n) is 6.57. The Morgan fingerprint density at radius 2 is 1.90 bits per heavy atom. The van der Waals surface area contributed by atoms with Crippen LogP contribution in [0.5, 0.6) is 5.75 Å². The van der Waals surface area contributed by atoms with Crippen molar-refractivity contribution in [2.75, 3.05) is 46.0 Å². The predicted molar refractivity (Wildman–Crippen MR) is 147 cm³/mol. The van der Waals surface area contributed by atoms with Gasteiger partial charge in [0.2, 0.25) is 0 Å². The molecule has 0 radical (unpaired) electrons. The number of carbonyl (C=O) groups is 3. The van der Waals surface area contributed by atoms with E-state index in [1.807, 2.05) is 37.3 Å². The number of pyridine rings is 1. The van der Waals surface area contributed by atoms with Crippen molar-refractivity contribution in [3.63, 3.8) is 0 Å². The SMILES string of the molecule is CCCCOC(=O)N1CCN(C(=O)[C@H](C#P=O)NC(=O)c2cc(OC3CCOC3)cc(-c3ccccc3)n2)CC1. The van der Waals surface area contributed by atoms with E-state index in [2.05, 4.69) is 15.9 Å². The van der Waals surface area contributed by atoms with Gasteiger partial charge in [-0.2, -0.15) is 0 Å². The normalized spacial score (nSPS) is 17.5. The second-order valence-corrected chi connectivity index (χ2v) is 9.89. The molecule has 12 heteroatoms. The first-order valence-electron chi connectivity index (χ1n) is 13.4. The van der Waals surface area contributed by atoms with E-state index in [9.17, 15) is 18.9 Å². The maximum absolute atomic E-state index is 13.3. The van der Waals surface area contributed by atoms with Gasteiger partial charge in [0.05, 0.1) is 0 Å². The maximum atomic E-state index is 13.3. The van der Waals surface area contributed by atoms with Crippen molar-refractivity contribution < 1.29 is 33.2 Å². The molecule has 2 aromatic rings. The molecule has 1 aromatic heterocycles. The van der Waals surface area contributed by atoms with Crippen LogP contribution in [0.25, 0.3) is 11.3 Å². The van der Waals surface area contributed by atoms with Crippen molar-refractivity contribution in [3.8, 4) is 22.6 Å². The molecular weight excluding hydrogens is 535 g/mol. The van der Waals surface area contributed by atoms with Gasteiger partial charge in [-0.1, -0.05) is 6.92 Å². The molecule has 3 heterocycles. The van der Waals surface area contributed by atoms with Crippen molar-refractivity contribution in [1.29, 1.82) is 0 Å². The van der Waals surface area contributed by atoms with E-state index in [0.717, 1.165) is 24.8 Å². The van der Waals surface area contributed by atoms with Crippen molar-refractivity contribution in [2.45, 2.75) is 38.3 Å². The first kappa shape index (κ1) is 29.3. The van der Waals surface area contributed by atoms with E-state index in [1.54, 1.807) is 11.0 Å². The molecular formula is C28H33N4O7P. The van der Waals surface area contributed by atoms with Gasteiger partial charge in [0.15, 0.2) is 0 Å². The Hall–Kier alpha value is -3.65. The molecule has 0 saturated carbocycles. The first-order valence-corrected chi connectivity index (χ1v) is 14.2. The number of unbranched alkanes of at least 4 members (excludes halogenated alkanes) is 1. The van der Waals surface area contributed by atoms with Gasteiger partial charge >= 0.3 is 227 Å². The molecule has 1 aromatic carbocycles. The number of hydrogen-bond donors (Lipinski definition) is 1. The van der Waals surface area contributed by atoms with Crippen LogP contribution in [0.3, 0.4) is 0 Å². The Bertz CT molecular complexity index is 1290. The van der Waals surface area contributed by atoms with Crippen molar-refractivity contribution in [1.82, 2.24) is 20.1 Å². The summed E-state index contributed by atoms with van der Waals surface area (Å²) in [4.78, 5) is 46.3. The molecule has 2 fully saturated rings. The van der Waals surface area contributed by atoms with Crippen LogP contribution < -0.4 is 10.1 Å². The molecule has 3 amide bonds. The van der Waals surface area contributed by atoms with Crippen LogP contribution in [0.2, 0.25) is 0 Å². The van der Waals surface area contributed by atoms with Gasteiger partial charge < -0.3 is 0 Å². The van der Waals surface area contributed by atoms with Gasteiger partial charge in [0.25, 0.3) is 0 Å². The number of rotatable bonds is 9. The van der Waals surface area contributed by atoms with Crippen LogP contribution in [0.15, 0.2) is 42.5 Å². The molecule has 0 spiro atoms. The summed E-state index contributed by atoms with van der Waals surface area (Å²) in [7, 11) is -0.531. The Balaban J connectivity index is 1.45. The summed E-state index contributed by atoms with van der Waals surface area (Å²) >= 11 is 0. The molecule has 0 bridgehead atoms. The molecule has 2 aliphatic heterocycles. The molecule has 2 saturated heterocycles. The summed E-state index contributed by atoms with van der Waals surface area (Å²) in [5, 5.41) is 2.60. The second kappa shape index (κ2) is 14.7. The number of nitrogens with zero attached hydrogens (tertiary/aromatic N) is 3. The fourth-order valence-corrected chi connectivity index (χ4v) is 4.62. The second-order valence-electron chi connectivity index (χ2n) is 9.45. The zero-order valence-electron chi connectivity index (χ0n) is 22.4. The molecule has 4 rings (SSSR count). The summed E-state index contributed by atoms with van der Waals surface area (Å²) in [5.41, 5.74) is 3.84. The molecule has 0 aliphatic carbocycles. The molecule has 40 heavy (non-hydrogen) atoms. The van der Waals surface area contributed by atoms with Gasteiger partial charge in [-0.3, -0.25) is 0 Å². The topological polar surface area (TPSA) is 127 Å². The number of nitrogens with one attached hydrogen (secondary N) is 1. The zero-order chi connectivity index (χ0) is 28.3. The monoisotopic (exact) mass is 568 g/mol. The minimum atomic E-state index is -1.27. The van der Waals surface area contributed by atoms with Crippen LogP contribution in [0.1, 0.15) is 36.7 Å². The average Bonchev–Trinajstić information content (AvgIpc) is 3.50. The van der Waals surface area contributed by atoms with Gasteiger partial charge in [0, 0.05) is 0 Å². The van der Waals surface area contributed by atoms with Gasteiger partial charge in [-0.25, -0.2) is 0 Å². The molecule has 2 atom stereocenters. The van der Waals surface area contributed by atoms with Gasteiger partial charge in [-0.15, -0.1) is 0 Å². The summed E-state index contributed by atoms with van der Waals surface area (Å²) in [6.07, 6.45) is 1.90. The quantitative estimate of drug-likeness (QED) is 0.361. The van der Waals surface area contributed by atoms with Crippen molar-refractivity contribution in [2.24, 2.45) is 0 Å². The summed E-state index contributed by atoms with van der Waals surface area (Å²) in [6, 6.07) is 11.4. The number of piperazine rings is 1. The van der Waals surface area contributed by atoms with Crippen LogP contribution in [-0.4, -0.2) is 90.8 Å². The molecule has 11 nitrogen and oxygen atoms in total. The Labute approximate surface area is 234 Å². The third kappa shape index (κ3) is 7.94.